The maximum Gasteiger partial charge on any atom is 0.407 e. The maximum atomic E-state index is 12.0. The number of benzene rings is 3. The van der Waals surface area contributed by atoms with Crippen LogP contribution < -0.4 is 50.4 Å². The van der Waals surface area contributed by atoms with E-state index in [4.69, 9.17) is 53.7 Å². The van der Waals surface area contributed by atoms with Crippen LogP contribution in [0.2, 0.25) is 0 Å². The Labute approximate surface area is 562 Å². The lowest BCUT2D eigenvalue weighted by Gasteiger charge is -2.24. The topological polar surface area (TPSA) is 495 Å². The van der Waals surface area contributed by atoms with Crippen LogP contribution in [-0.2, 0) is 86.8 Å². The van der Waals surface area contributed by atoms with E-state index in [2.05, 4.69) is 16.0 Å². The maximum absolute atomic E-state index is 12.0. The first-order valence-corrected chi connectivity index (χ1v) is 31.9. The van der Waals surface area contributed by atoms with Crippen molar-refractivity contribution < 1.29 is 86.4 Å². The number of aliphatic carboxylic acids is 1. The summed E-state index contributed by atoms with van der Waals surface area (Å²) in [7, 11) is 0. The average molecular weight is 1360 g/mol. The molecule has 0 radical (unpaired) electrons. The van der Waals surface area contributed by atoms with Crippen LogP contribution in [0.5, 0.6) is 0 Å². The SMILES string of the molecule is CC[C@@H](C(N)=O)N1CC(C(=O)O)CC1=O.CC[C@@H](C(N)=O)N1CC(N)CC1=O.CC[C@@H](C(N)=O)N1CC(NC(=O)OCc2ccccc2)CC1=O.CC[C@@H](C(N)=O)N1CC(NC(=O)OCc2ccccc2)CC1=O.CC[C@@H](C(N)=O)N1CC(NC(=O)OCc2ccccc2)CC1=O. The smallest absolute Gasteiger partial charge is 0.407 e. The van der Waals surface area contributed by atoms with E-state index in [1.807, 2.05) is 97.9 Å². The van der Waals surface area contributed by atoms with Crippen molar-refractivity contribution in [1.29, 1.82) is 0 Å². The Morgan fingerprint density at radius 3 is 0.845 bits per heavy atom. The van der Waals surface area contributed by atoms with Crippen molar-refractivity contribution >= 4 is 83.3 Å². The fraction of sp³-hybridized carbons (Fsp3) is 0.508. The number of carboxylic acids is 1. The normalized spacial score (nSPS) is 20.1. The van der Waals surface area contributed by atoms with E-state index in [0.717, 1.165) is 16.7 Å². The van der Waals surface area contributed by atoms with Crippen LogP contribution in [0, 0.1) is 5.92 Å². The summed E-state index contributed by atoms with van der Waals surface area (Å²) in [6.45, 7) is 10.7. The van der Waals surface area contributed by atoms with Crippen molar-refractivity contribution in [2.75, 3.05) is 32.7 Å². The van der Waals surface area contributed by atoms with Gasteiger partial charge in [0.15, 0.2) is 0 Å². The molecule has 0 bridgehead atoms. The molecule has 3 aromatic carbocycles. The number of nitrogens with zero attached hydrogens (tertiary/aromatic N) is 5. The second kappa shape index (κ2) is 39.5. The minimum absolute atomic E-state index is 0.0425. The zero-order valence-electron chi connectivity index (χ0n) is 55.2. The van der Waals surface area contributed by atoms with Crippen LogP contribution in [0.15, 0.2) is 91.0 Å². The molecule has 32 heteroatoms. The summed E-state index contributed by atoms with van der Waals surface area (Å²) >= 11 is 0. The molecule has 5 saturated heterocycles. The fourth-order valence-corrected chi connectivity index (χ4v) is 11.3. The first kappa shape index (κ1) is 79.0. The Kier molecular flexibility index (Phi) is 32.2. The number of amides is 13. The number of carbonyl (C=O) groups excluding carboxylic acids is 13. The molecule has 0 aliphatic carbocycles. The van der Waals surface area contributed by atoms with Crippen molar-refractivity contribution in [3.63, 3.8) is 0 Å². The van der Waals surface area contributed by atoms with Crippen LogP contribution in [0.3, 0.4) is 0 Å². The Hall–Kier alpha value is -10.4. The Morgan fingerprint density at radius 1 is 0.392 bits per heavy atom. The molecule has 32 nitrogen and oxygen atoms in total. The van der Waals surface area contributed by atoms with Gasteiger partial charge in [-0.2, -0.15) is 0 Å². The Bertz CT molecular complexity index is 2960. The third-order valence-electron chi connectivity index (χ3n) is 16.2. The van der Waals surface area contributed by atoms with E-state index in [1.165, 1.54) is 24.5 Å². The lowest BCUT2D eigenvalue weighted by atomic mass is 10.1. The van der Waals surface area contributed by atoms with Crippen molar-refractivity contribution in [3.05, 3.63) is 108 Å². The van der Waals surface area contributed by atoms with Crippen LogP contribution in [-0.4, -0.2) is 200 Å². The van der Waals surface area contributed by atoms with Gasteiger partial charge >= 0.3 is 24.2 Å². The number of primary amides is 5. The van der Waals surface area contributed by atoms with Crippen LogP contribution in [0.1, 0.15) is 116 Å². The van der Waals surface area contributed by atoms with Gasteiger partial charge in [0.1, 0.15) is 50.0 Å². The van der Waals surface area contributed by atoms with Crippen molar-refractivity contribution in [3.8, 4) is 0 Å². The number of hydrogen-bond acceptors (Lipinski definition) is 18. The molecule has 5 aliphatic heterocycles. The summed E-state index contributed by atoms with van der Waals surface area (Å²) in [5.41, 5.74) is 34.4. The third kappa shape index (κ3) is 25.0. The van der Waals surface area contributed by atoms with Crippen molar-refractivity contribution in [2.24, 2.45) is 40.3 Å². The minimum atomic E-state index is -1.01. The third-order valence-corrected chi connectivity index (χ3v) is 16.2. The number of nitrogens with one attached hydrogen (secondary N) is 3. The second-order valence-corrected chi connectivity index (χ2v) is 23.4. The molecule has 8 rings (SSSR count). The number of hydrogen-bond donors (Lipinski definition) is 10. The molecule has 10 atom stereocenters. The van der Waals surface area contributed by atoms with Crippen LogP contribution in [0.25, 0.3) is 0 Å². The predicted octanol–water partition coefficient (Wildman–Crippen LogP) is 0.326. The molecule has 0 spiro atoms. The Morgan fingerprint density at radius 2 is 0.629 bits per heavy atom. The van der Waals surface area contributed by atoms with Gasteiger partial charge in [0.2, 0.25) is 59.1 Å². The van der Waals surface area contributed by atoms with Gasteiger partial charge in [0.25, 0.3) is 0 Å². The molecule has 530 valence electrons. The van der Waals surface area contributed by atoms with Gasteiger partial charge < -0.3 is 94.2 Å². The largest absolute Gasteiger partial charge is 0.481 e. The molecular formula is C65H92N14O18. The molecular weight excluding hydrogens is 1260 g/mol. The monoisotopic (exact) mass is 1360 g/mol. The standard InChI is InChI=1S/3C16H21N3O4.C9H14N2O4.C8H15N3O2/c3*1-2-13(15(17)21)19-9-12(8-14(19)20)18-16(22)23-10-11-6-4-3-5-7-11;1-2-6(8(10)13)11-4-5(9(14)15)3-7(11)12;1-2-6(8(10)13)11-4-5(9)3-7(11)12/h3*3-7,12-13H,2,8-10H2,1H3,(H2,17,21)(H,18,22);5-6H,2-4H2,1H3,(H2,10,13)(H,14,15);5-6H,2-4,9H2,1H3,(H2,10,13)/t3*12?,13-;2*5?,6-/m00000/s1. The van der Waals surface area contributed by atoms with Crippen molar-refractivity contribution in [1.82, 2.24) is 40.4 Å². The molecule has 16 N–H and O–H groups in total. The van der Waals surface area contributed by atoms with Gasteiger partial charge in [-0.05, 0) is 48.8 Å². The first-order chi connectivity index (χ1) is 46.0. The summed E-state index contributed by atoms with van der Waals surface area (Å²) in [4.78, 5) is 168. The highest BCUT2D eigenvalue weighted by Crippen LogP contribution is 2.23. The van der Waals surface area contributed by atoms with Gasteiger partial charge in [-0.1, -0.05) is 126 Å². The quantitative estimate of drug-likeness (QED) is 0.0511. The van der Waals surface area contributed by atoms with Crippen LogP contribution >= 0.6 is 0 Å². The number of carboxylic acid groups (broad SMARTS) is 1. The number of rotatable bonds is 25. The molecule has 5 unspecified atom stereocenters. The molecule has 13 amide bonds. The van der Waals surface area contributed by atoms with Gasteiger partial charge in [-0.15, -0.1) is 0 Å². The van der Waals surface area contributed by atoms with E-state index in [-0.39, 0.29) is 125 Å². The average Bonchev–Trinajstić information content (AvgIpc) is 1.77. The number of carbonyl (C=O) groups is 14. The molecule has 0 aromatic heterocycles. The molecule has 97 heavy (non-hydrogen) atoms. The highest BCUT2D eigenvalue weighted by Gasteiger charge is 2.42. The van der Waals surface area contributed by atoms with E-state index >= 15 is 0 Å². The summed E-state index contributed by atoms with van der Waals surface area (Å²) in [5, 5.41) is 16.7. The number of alkyl carbamates (subject to hydrolysis) is 3. The summed E-state index contributed by atoms with van der Waals surface area (Å²) in [6, 6.07) is 23.6. The van der Waals surface area contributed by atoms with E-state index in [1.54, 1.807) is 27.7 Å². The fourth-order valence-electron chi connectivity index (χ4n) is 11.3. The van der Waals surface area contributed by atoms with E-state index in [0.29, 0.717) is 45.1 Å². The number of ether oxygens (including phenoxy) is 3. The summed E-state index contributed by atoms with van der Waals surface area (Å²) in [6.07, 6.45) is 1.27. The zero-order chi connectivity index (χ0) is 72.1. The molecule has 5 heterocycles. The molecule has 3 aromatic rings. The first-order valence-electron chi connectivity index (χ1n) is 31.9. The summed E-state index contributed by atoms with van der Waals surface area (Å²) < 4.78 is 15.4. The van der Waals surface area contributed by atoms with E-state index < -0.39 is 89.9 Å². The summed E-state index contributed by atoms with van der Waals surface area (Å²) in [5.74, 6) is -5.32. The molecule has 0 saturated carbocycles. The lowest BCUT2D eigenvalue weighted by Crippen LogP contribution is -2.46. The number of likely N-dealkylation sites (tertiary alicyclic amines) is 5. The van der Waals surface area contributed by atoms with Gasteiger partial charge in [0.05, 0.1) is 24.0 Å². The predicted molar refractivity (Wildman–Crippen MR) is 348 cm³/mol. The highest BCUT2D eigenvalue weighted by atomic mass is 16.6. The zero-order valence-corrected chi connectivity index (χ0v) is 55.2. The van der Waals surface area contributed by atoms with Gasteiger partial charge in [-0.25, -0.2) is 14.4 Å². The lowest BCUT2D eigenvalue weighted by molar-refractivity contribution is -0.141. The molecule has 5 aliphatic rings. The van der Waals surface area contributed by atoms with E-state index in [9.17, 15) is 67.1 Å². The number of nitrogens with two attached hydrogens (primary N) is 6. The van der Waals surface area contributed by atoms with Gasteiger partial charge in [-0.3, -0.25) is 52.7 Å². The van der Waals surface area contributed by atoms with Crippen molar-refractivity contribution in [2.45, 2.75) is 173 Å². The second-order valence-electron chi connectivity index (χ2n) is 23.4. The Balaban J connectivity index is 0.000000262. The minimum Gasteiger partial charge on any atom is -0.481 e. The molecule has 5 fully saturated rings. The highest BCUT2D eigenvalue weighted by molar-refractivity contribution is 5.92. The van der Waals surface area contributed by atoms with Crippen LogP contribution in [0.4, 0.5) is 14.4 Å². The van der Waals surface area contributed by atoms with Gasteiger partial charge in [0, 0.05) is 70.9 Å².